The van der Waals surface area contributed by atoms with E-state index in [1.54, 1.807) is 24.3 Å². The van der Waals surface area contributed by atoms with Gasteiger partial charge in [0.25, 0.3) is 0 Å². The van der Waals surface area contributed by atoms with Gasteiger partial charge in [0.05, 0.1) is 25.3 Å². The number of ketones is 1. The number of Topliss-reactive ketones (excluding diaryl/α,β-unsaturated/α-hetero) is 1. The molecule has 5 rings (SSSR count). The van der Waals surface area contributed by atoms with Crippen molar-refractivity contribution in [1.29, 1.82) is 0 Å². The maximum absolute atomic E-state index is 13.1. The molecular formula is C24H24ClNO5. The number of halogens is 1. The third-order valence-corrected chi connectivity index (χ3v) is 6.34. The summed E-state index contributed by atoms with van der Waals surface area (Å²) in [7, 11) is 0. The van der Waals surface area contributed by atoms with E-state index in [2.05, 4.69) is 0 Å². The third kappa shape index (κ3) is 4.03. The number of rotatable bonds is 3. The molecule has 0 aromatic heterocycles. The smallest absolute Gasteiger partial charge is 0.231 e. The lowest BCUT2D eigenvalue weighted by atomic mass is 10.0. The lowest BCUT2D eigenvalue weighted by Crippen LogP contribution is -3.10. The summed E-state index contributed by atoms with van der Waals surface area (Å²) in [5.41, 5.74) is 2.50. The predicted molar refractivity (Wildman–Crippen MR) is 113 cm³/mol. The molecule has 0 spiro atoms. The fraction of sp³-hybridized carbons (Fsp3) is 0.375. The Kier molecular flexibility index (Phi) is 5.61. The second kappa shape index (κ2) is 8.54. The molecule has 0 bridgehead atoms. The van der Waals surface area contributed by atoms with E-state index in [4.69, 9.17) is 25.8 Å². The predicted octanol–water partition coefficient (Wildman–Crippen LogP) is 2.86. The lowest BCUT2D eigenvalue weighted by Gasteiger charge is -2.22. The highest BCUT2D eigenvalue weighted by Crippen LogP contribution is 2.40. The van der Waals surface area contributed by atoms with Gasteiger partial charge in [0, 0.05) is 21.7 Å². The van der Waals surface area contributed by atoms with Crippen molar-refractivity contribution in [3.8, 4) is 17.2 Å². The fourth-order valence-corrected chi connectivity index (χ4v) is 4.82. The molecule has 3 heterocycles. The minimum absolute atomic E-state index is 0.0786. The number of fused-ring (bicyclic) bond motifs is 2. The number of carbonyl (C=O) groups excluding carboxylic acids is 1. The van der Waals surface area contributed by atoms with E-state index in [-0.39, 0.29) is 24.1 Å². The number of allylic oxidation sites excluding steroid dienone is 1. The van der Waals surface area contributed by atoms with Crippen molar-refractivity contribution in [2.75, 3.05) is 19.9 Å². The van der Waals surface area contributed by atoms with Crippen LogP contribution in [-0.2, 0) is 17.9 Å². The molecule has 1 N–H and O–H groups in total. The number of hydrogen-bond acceptors (Lipinski definition) is 5. The number of carbonyl (C=O) groups is 1. The second-order valence-electron chi connectivity index (χ2n) is 8.29. The zero-order valence-electron chi connectivity index (χ0n) is 17.2. The summed E-state index contributed by atoms with van der Waals surface area (Å²) in [5, 5.41) is 13.2. The first kappa shape index (κ1) is 20.4. The molecule has 0 unspecified atom stereocenters. The van der Waals surface area contributed by atoms with Crippen LogP contribution in [0.5, 0.6) is 17.2 Å². The SMILES string of the molecule is O=C1C(=Cc2cc(Cl)cc3c2OCOC3)Oc2c1ccc([O-])c2C[NH+]1CCCCCC1. The molecule has 2 aromatic carbocycles. The van der Waals surface area contributed by atoms with Crippen LogP contribution in [0.15, 0.2) is 30.0 Å². The quantitative estimate of drug-likeness (QED) is 0.741. The van der Waals surface area contributed by atoms with E-state index in [0.717, 1.165) is 31.5 Å². The average Bonchev–Trinajstić information content (AvgIpc) is 2.92. The standard InChI is InChI=1S/C24H24ClNO5/c25-17-9-15(23-16(10-17)13-29-14-30-23)11-21-22(28)18-5-6-20(27)19(24(18)31-21)12-26-7-3-1-2-4-8-26/h5-6,9-11,27H,1-4,7-8,12-14H2. The van der Waals surface area contributed by atoms with E-state index in [0.29, 0.717) is 46.4 Å². The first-order valence-corrected chi connectivity index (χ1v) is 11.1. The summed E-state index contributed by atoms with van der Waals surface area (Å²) in [6.45, 7) is 3.18. The molecule has 162 valence electrons. The zero-order chi connectivity index (χ0) is 21.4. The summed E-state index contributed by atoms with van der Waals surface area (Å²) in [5.74, 6) is 0.898. The Morgan fingerprint density at radius 3 is 2.71 bits per heavy atom. The minimum Gasteiger partial charge on any atom is -0.872 e. The average molecular weight is 442 g/mol. The molecule has 31 heavy (non-hydrogen) atoms. The molecule has 3 aliphatic heterocycles. The van der Waals surface area contributed by atoms with Crippen LogP contribution >= 0.6 is 11.6 Å². The van der Waals surface area contributed by atoms with Gasteiger partial charge < -0.3 is 24.2 Å². The first-order chi connectivity index (χ1) is 15.1. The van der Waals surface area contributed by atoms with Gasteiger partial charge >= 0.3 is 0 Å². The Balaban J connectivity index is 1.48. The maximum atomic E-state index is 13.1. The highest BCUT2D eigenvalue weighted by Gasteiger charge is 2.32. The number of benzene rings is 2. The van der Waals surface area contributed by atoms with Crippen molar-refractivity contribution in [3.05, 3.63) is 57.3 Å². The summed E-state index contributed by atoms with van der Waals surface area (Å²) >= 11 is 6.25. The Hall–Kier alpha value is -2.54. The van der Waals surface area contributed by atoms with Crippen LogP contribution in [-0.4, -0.2) is 25.7 Å². The molecule has 2 aromatic rings. The van der Waals surface area contributed by atoms with Gasteiger partial charge in [-0.2, -0.15) is 0 Å². The molecule has 0 amide bonds. The molecule has 6 nitrogen and oxygen atoms in total. The van der Waals surface area contributed by atoms with Crippen LogP contribution < -0.4 is 19.5 Å². The Bertz CT molecular complexity index is 1060. The number of likely N-dealkylation sites (tertiary alicyclic amines) is 1. The molecule has 1 fully saturated rings. The van der Waals surface area contributed by atoms with Gasteiger partial charge in [0.15, 0.2) is 12.6 Å². The molecule has 0 aliphatic carbocycles. The van der Waals surface area contributed by atoms with Gasteiger partial charge in [-0.25, -0.2) is 0 Å². The molecular weight excluding hydrogens is 418 g/mol. The van der Waals surface area contributed by atoms with Gasteiger partial charge in [0.1, 0.15) is 18.0 Å². The molecule has 0 radical (unpaired) electrons. The van der Waals surface area contributed by atoms with Gasteiger partial charge in [-0.05, 0) is 50.0 Å². The van der Waals surface area contributed by atoms with E-state index in [9.17, 15) is 9.90 Å². The van der Waals surface area contributed by atoms with Crippen LogP contribution in [0.2, 0.25) is 5.02 Å². The van der Waals surface area contributed by atoms with E-state index in [1.807, 2.05) is 0 Å². The van der Waals surface area contributed by atoms with Crippen LogP contribution in [0.1, 0.15) is 52.7 Å². The van der Waals surface area contributed by atoms with Crippen molar-refractivity contribution in [1.82, 2.24) is 0 Å². The van der Waals surface area contributed by atoms with Crippen molar-refractivity contribution < 1.29 is 29.0 Å². The summed E-state index contributed by atoms with van der Waals surface area (Å²) in [6, 6.07) is 6.58. The van der Waals surface area contributed by atoms with Gasteiger partial charge in [-0.3, -0.25) is 4.79 Å². The Morgan fingerprint density at radius 2 is 1.90 bits per heavy atom. The third-order valence-electron chi connectivity index (χ3n) is 6.13. The topological polar surface area (TPSA) is 72.3 Å². The van der Waals surface area contributed by atoms with Gasteiger partial charge in [-0.1, -0.05) is 23.4 Å². The first-order valence-electron chi connectivity index (χ1n) is 10.7. The van der Waals surface area contributed by atoms with E-state index in [1.165, 1.54) is 23.8 Å². The lowest BCUT2D eigenvalue weighted by molar-refractivity contribution is -0.913. The number of quaternary nitrogens is 1. The number of nitrogens with one attached hydrogen (secondary N) is 1. The zero-order valence-corrected chi connectivity index (χ0v) is 17.9. The normalized spacial score (nSPS) is 20.0. The summed E-state index contributed by atoms with van der Waals surface area (Å²) in [6.07, 6.45) is 6.44. The van der Waals surface area contributed by atoms with Crippen molar-refractivity contribution in [2.24, 2.45) is 0 Å². The van der Waals surface area contributed by atoms with Crippen LogP contribution in [0.4, 0.5) is 0 Å². The molecule has 1 saturated heterocycles. The number of hydrogen-bond donors (Lipinski definition) is 1. The van der Waals surface area contributed by atoms with E-state index < -0.39 is 0 Å². The minimum atomic E-state index is -0.233. The molecule has 0 atom stereocenters. The highest BCUT2D eigenvalue weighted by molar-refractivity contribution is 6.31. The monoisotopic (exact) mass is 441 g/mol. The van der Waals surface area contributed by atoms with Crippen LogP contribution in [0.3, 0.4) is 0 Å². The van der Waals surface area contributed by atoms with Crippen LogP contribution in [0.25, 0.3) is 6.08 Å². The Morgan fingerprint density at radius 1 is 1.10 bits per heavy atom. The van der Waals surface area contributed by atoms with Gasteiger partial charge in [0.2, 0.25) is 5.78 Å². The maximum Gasteiger partial charge on any atom is 0.231 e. The largest absolute Gasteiger partial charge is 0.872 e. The highest BCUT2D eigenvalue weighted by atomic mass is 35.5. The fourth-order valence-electron chi connectivity index (χ4n) is 4.57. The molecule has 0 saturated carbocycles. The molecule has 3 aliphatic rings. The molecule has 7 heteroatoms. The van der Waals surface area contributed by atoms with Crippen LogP contribution in [0, 0.1) is 0 Å². The van der Waals surface area contributed by atoms with Crippen molar-refractivity contribution >= 4 is 23.5 Å². The van der Waals surface area contributed by atoms with Crippen molar-refractivity contribution in [3.63, 3.8) is 0 Å². The Labute approximate surface area is 186 Å². The van der Waals surface area contributed by atoms with E-state index >= 15 is 0 Å². The van der Waals surface area contributed by atoms with Crippen molar-refractivity contribution in [2.45, 2.75) is 38.8 Å². The summed E-state index contributed by atoms with van der Waals surface area (Å²) in [4.78, 5) is 14.4. The van der Waals surface area contributed by atoms with Gasteiger partial charge in [-0.15, -0.1) is 0 Å². The number of ether oxygens (including phenoxy) is 3. The summed E-state index contributed by atoms with van der Waals surface area (Å²) < 4.78 is 17.0. The second-order valence-corrected chi connectivity index (χ2v) is 8.73.